The third-order valence-electron chi connectivity index (χ3n) is 3.35. The molecule has 0 bridgehead atoms. The minimum atomic E-state index is -0.254. The van der Waals surface area contributed by atoms with Gasteiger partial charge < -0.3 is 9.30 Å². The fourth-order valence-corrected chi connectivity index (χ4v) is 2.25. The Kier molecular flexibility index (Phi) is 2.39. The summed E-state index contributed by atoms with van der Waals surface area (Å²) in [5, 5.41) is 0.986. The number of benzene rings is 1. The Morgan fingerprint density at radius 2 is 2.18 bits per heavy atom. The third kappa shape index (κ3) is 1.82. The molecular weight excluding hydrogens is 214 g/mol. The highest BCUT2D eigenvalue weighted by atomic mass is 16.5. The molecule has 1 saturated carbocycles. The van der Waals surface area contributed by atoms with E-state index in [0.29, 0.717) is 5.56 Å². The molecule has 1 aliphatic carbocycles. The second-order valence-corrected chi connectivity index (χ2v) is 4.65. The Morgan fingerprint density at radius 3 is 2.88 bits per heavy atom. The average Bonchev–Trinajstić information content (AvgIpc) is 3.10. The van der Waals surface area contributed by atoms with Gasteiger partial charge in [0.15, 0.2) is 0 Å². The molecule has 0 unspecified atom stereocenters. The van der Waals surface area contributed by atoms with Crippen LogP contribution in [0.5, 0.6) is 0 Å². The first kappa shape index (κ1) is 10.4. The van der Waals surface area contributed by atoms with Gasteiger partial charge in [0.2, 0.25) is 0 Å². The van der Waals surface area contributed by atoms with Gasteiger partial charge in [0, 0.05) is 23.6 Å². The lowest BCUT2D eigenvalue weighted by Gasteiger charge is -2.02. The van der Waals surface area contributed by atoms with Crippen LogP contribution in [-0.2, 0) is 11.3 Å². The topological polar surface area (TPSA) is 31.2 Å². The highest BCUT2D eigenvalue weighted by molar-refractivity contribution is 6.04. The van der Waals surface area contributed by atoms with Crippen molar-refractivity contribution in [1.82, 2.24) is 4.57 Å². The lowest BCUT2D eigenvalue weighted by molar-refractivity contribution is 0.0602. The second-order valence-electron chi connectivity index (χ2n) is 4.65. The number of hydrogen-bond donors (Lipinski definition) is 0. The standard InChI is InChI=1S/C14H15NO2/c1-17-14(16)12-9-15(8-10-6-7-10)13-5-3-2-4-11(12)13/h2-5,9-10H,6-8H2,1H3. The molecule has 3 heteroatoms. The van der Waals surface area contributed by atoms with Gasteiger partial charge in [-0.15, -0.1) is 0 Å². The molecule has 0 N–H and O–H groups in total. The number of carbonyl (C=O) groups excluding carboxylic acids is 1. The molecule has 3 rings (SSSR count). The molecule has 3 nitrogen and oxygen atoms in total. The quantitative estimate of drug-likeness (QED) is 0.758. The van der Waals surface area contributed by atoms with Crippen molar-refractivity contribution in [2.24, 2.45) is 5.92 Å². The van der Waals surface area contributed by atoms with Crippen LogP contribution in [0, 0.1) is 5.92 Å². The van der Waals surface area contributed by atoms with Crippen molar-refractivity contribution in [3.63, 3.8) is 0 Å². The molecule has 0 spiro atoms. The molecule has 88 valence electrons. The Hall–Kier alpha value is -1.77. The molecule has 0 amide bonds. The van der Waals surface area contributed by atoms with E-state index in [1.807, 2.05) is 24.4 Å². The van der Waals surface area contributed by atoms with Crippen molar-refractivity contribution < 1.29 is 9.53 Å². The van der Waals surface area contributed by atoms with Gasteiger partial charge >= 0.3 is 5.97 Å². The maximum atomic E-state index is 11.7. The molecule has 1 aromatic heterocycles. The van der Waals surface area contributed by atoms with Gasteiger partial charge in [0.05, 0.1) is 12.7 Å². The van der Waals surface area contributed by atoms with Gasteiger partial charge in [-0.25, -0.2) is 4.79 Å². The number of methoxy groups -OCH3 is 1. The average molecular weight is 229 g/mol. The summed E-state index contributed by atoms with van der Waals surface area (Å²) in [5.74, 6) is 0.534. The van der Waals surface area contributed by atoms with E-state index >= 15 is 0 Å². The number of ether oxygens (including phenoxy) is 1. The van der Waals surface area contributed by atoms with Crippen LogP contribution in [0.3, 0.4) is 0 Å². The van der Waals surface area contributed by atoms with Crippen molar-refractivity contribution in [3.8, 4) is 0 Å². The van der Waals surface area contributed by atoms with Crippen molar-refractivity contribution in [1.29, 1.82) is 0 Å². The summed E-state index contributed by atoms with van der Waals surface area (Å²) in [6.45, 7) is 1.01. The SMILES string of the molecule is COC(=O)c1cn(CC2CC2)c2ccccc12. The van der Waals surface area contributed by atoms with Crippen molar-refractivity contribution in [2.75, 3.05) is 7.11 Å². The van der Waals surface area contributed by atoms with Gasteiger partial charge in [0.1, 0.15) is 0 Å². The molecular formula is C14H15NO2. The van der Waals surface area contributed by atoms with E-state index in [-0.39, 0.29) is 5.97 Å². The third-order valence-corrected chi connectivity index (χ3v) is 3.35. The normalized spacial score (nSPS) is 15.1. The Morgan fingerprint density at radius 1 is 1.41 bits per heavy atom. The van der Waals surface area contributed by atoms with Crippen LogP contribution >= 0.6 is 0 Å². The zero-order valence-corrected chi connectivity index (χ0v) is 9.85. The molecule has 0 saturated heterocycles. The number of para-hydroxylation sites is 1. The van der Waals surface area contributed by atoms with Crippen LogP contribution in [0.4, 0.5) is 0 Å². The Bertz CT molecular complexity index is 567. The van der Waals surface area contributed by atoms with Crippen LogP contribution in [0.2, 0.25) is 0 Å². The maximum absolute atomic E-state index is 11.7. The fourth-order valence-electron chi connectivity index (χ4n) is 2.25. The van der Waals surface area contributed by atoms with Gasteiger partial charge in [-0.1, -0.05) is 18.2 Å². The van der Waals surface area contributed by atoms with Crippen molar-refractivity contribution in [3.05, 3.63) is 36.0 Å². The van der Waals surface area contributed by atoms with Crippen LogP contribution in [-0.4, -0.2) is 17.6 Å². The first-order chi connectivity index (χ1) is 8.29. The van der Waals surface area contributed by atoms with E-state index in [9.17, 15) is 4.79 Å². The molecule has 1 heterocycles. The number of fused-ring (bicyclic) bond motifs is 1. The molecule has 1 fully saturated rings. The lowest BCUT2D eigenvalue weighted by Crippen LogP contribution is -2.01. The smallest absolute Gasteiger partial charge is 0.340 e. The Labute approximate surface area is 100.0 Å². The number of rotatable bonds is 3. The summed E-state index contributed by atoms with van der Waals surface area (Å²) in [7, 11) is 1.43. The fraction of sp³-hybridized carbons (Fsp3) is 0.357. The molecule has 0 atom stereocenters. The maximum Gasteiger partial charge on any atom is 0.340 e. The summed E-state index contributed by atoms with van der Waals surface area (Å²) < 4.78 is 7.01. The van der Waals surface area contributed by atoms with E-state index in [0.717, 1.165) is 23.4 Å². The highest BCUT2D eigenvalue weighted by Gasteiger charge is 2.23. The van der Waals surface area contributed by atoms with Gasteiger partial charge in [-0.2, -0.15) is 0 Å². The summed E-state index contributed by atoms with van der Waals surface area (Å²) in [6, 6.07) is 8.00. The van der Waals surface area contributed by atoms with E-state index < -0.39 is 0 Å². The summed E-state index contributed by atoms with van der Waals surface area (Å²) in [5.41, 5.74) is 1.79. The summed E-state index contributed by atoms with van der Waals surface area (Å²) in [6.07, 6.45) is 4.54. The predicted octanol–water partition coefficient (Wildman–Crippen LogP) is 2.84. The zero-order valence-electron chi connectivity index (χ0n) is 9.85. The predicted molar refractivity (Wildman–Crippen MR) is 66.0 cm³/mol. The van der Waals surface area contributed by atoms with Gasteiger partial charge in [0.25, 0.3) is 0 Å². The first-order valence-electron chi connectivity index (χ1n) is 5.96. The molecule has 0 radical (unpaired) electrons. The number of carbonyl (C=O) groups is 1. The minimum absolute atomic E-state index is 0.254. The van der Waals surface area contributed by atoms with Crippen LogP contribution in [0.15, 0.2) is 30.5 Å². The largest absolute Gasteiger partial charge is 0.465 e. The van der Waals surface area contributed by atoms with E-state index in [4.69, 9.17) is 4.74 Å². The number of esters is 1. The Balaban J connectivity index is 2.11. The molecule has 1 aliphatic rings. The van der Waals surface area contributed by atoms with Crippen molar-refractivity contribution >= 4 is 16.9 Å². The number of aromatic nitrogens is 1. The first-order valence-corrected chi connectivity index (χ1v) is 5.96. The second kappa shape index (κ2) is 3.91. The molecule has 0 aliphatic heterocycles. The summed E-state index contributed by atoms with van der Waals surface area (Å²) in [4.78, 5) is 11.7. The van der Waals surface area contributed by atoms with Crippen LogP contribution in [0.25, 0.3) is 10.9 Å². The molecule has 17 heavy (non-hydrogen) atoms. The van der Waals surface area contributed by atoms with Crippen LogP contribution in [0.1, 0.15) is 23.2 Å². The molecule has 2 aromatic rings. The van der Waals surface area contributed by atoms with Crippen LogP contribution < -0.4 is 0 Å². The number of hydrogen-bond acceptors (Lipinski definition) is 2. The van der Waals surface area contributed by atoms with Gasteiger partial charge in [-0.05, 0) is 24.8 Å². The minimum Gasteiger partial charge on any atom is -0.465 e. The van der Waals surface area contributed by atoms with E-state index in [2.05, 4.69) is 10.6 Å². The highest BCUT2D eigenvalue weighted by Crippen LogP contribution is 2.33. The number of nitrogens with zero attached hydrogens (tertiary/aromatic N) is 1. The van der Waals surface area contributed by atoms with E-state index in [1.54, 1.807) is 0 Å². The van der Waals surface area contributed by atoms with Crippen molar-refractivity contribution in [2.45, 2.75) is 19.4 Å². The van der Waals surface area contributed by atoms with E-state index in [1.165, 1.54) is 20.0 Å². The lowest BCUT2D eigenvalue weighted by atomic mass is 10.2. The monoisotopic (exact) mass is 229 g/mol. The zero-order chi connectivity index (χ0) is 11.8. The van der Waals surface area contributed by atoms with Gasteiger partial charge in [-0.3, -0.25) is 0 Å². The molecule has 1 aromatic carbocycles. The summed E-state index contributed by atoms with van der Waals surface area (Å²) >= 11 is 0.